The zero-order valence-corrected chi connectivity index (χ0v) is 14.9. The Morgan fingerprint density at radius 3 is 2.73 bits per heavy atom. The fraction of sp³-hybridized carbons (Fsp3) is 0.286. The van der Waals surface area contributed by atoms with Crippen LogP contribution in [0.25, 0.3) is 6.08 Å². The summed E-state index contributed by atoms with van der Waals surface area (Å²) in [7, 11) is 1.42. The van der Waals surface area contributed by atoms with Gasteiger partial charge in [0.2, 0.25) is 5.91 Å². The molecule has 1 amide bonds. The molecule has 3 rings (SSSR count). The molecule has 136 valence electrons. The summed E-state index contributed by atoms with van der Waals surface area (Å²) in [5, 5.41) is 2.90. The van der Waals surface area contributed by atoms with Gasteiger partial charge in [-0.3, -0.25) is 4.79 Å². The van der Waals surface area contributed by atoms with Gasteiger partial charge in [0.1, 0.15) is 0 Å². The lowest BCUT2D eigenvalue weighted by Gasteiger charge is -2.21. The number of nitrogens with one attached hydrogen (secondary N) is 1. The number of rotatable bonds is 6. The summed E-state index contributed by atoms with van der Waals surface area (Å²) in [5.41, 5.74) is 2.90. The lowest BCUT2D eigenvalue weighted by molar-refractivity contribution is -0.116. The van der Waals surface area contributed by atoms with Crippen molar-refractivity contribution < 1.29 is 13.9 Å². The van der Waals surface area contributed by atoms with E-state index in [1.165, 1.54) is 37.8 Å². The molecular formula is C21H23FN2O2. The highest BCUT2D eigenvalue weighted by Crippen LogP contribution is 2.24. The second kappa shape index (κ2) is 8.52. The maximum atomic E-state index is 13.7. The van der Waals surface area contributed by atoms with Gasteiger partial charge in [0, 0.05) is 31.4 Å². The van der Waals surface area contributed by atoms with Gasteiger partial charge in [-0.25, -0.2) is 4.39 Å². The third kappa shape index (κ3) is 4.42. The molecule has 1 heterocycles. The molecule has 0 bridgehead atoms. The first-order chi connectivity index (χ1) is 12.7. The minimum Gasteiger partial charge on any atom is -0.494 e. The summed E-state index contributed by atoms with van der Waals surface area (Å²) >= 11 is 0. The Balaban J connectivity index is 1.60. The van der Waals surface area contributed by atoms with E-state index in [1.54, 1.807) is 18.2 Å². The molecule has 0 saturated carbocycles. The first kappa shape index (κ1) is 18.0. The molecule has 1 N–H and O–H groups in total. The number of carbonyl (C=O) groups excluding carboxylic acids is 1. The van der Waals surface area contributed by atoms with Crippen molar-refractivity contribution in [3.8, 4) is 5.75 Å². The zero-order valence-electron chi connectivity index (χ0n) is 14.9. The van der Waals surface area contributed by atoms with Crippen LogP contribution in [-0.4, -0.2) is 26.1 Å². The zero-order chi connectivity index (χ0) is 18.4. The molecule has 26 heavy (non-hydrogen) atoms. The highest BCUT2D eigenvalue weighted by atomic mass is 19.1. The van der Waals surface area contributed by atoms with Crippen LogP contribution in [0.4, 0.5) is 10.1 Å². The van der Waals surface area contributed by atoms with Crippen LogP contribution in [0, 0.1) is 5.82 Å². The number of ether oxygens (including phenoxy) is 1. The third-order valence-corrected chi connectivity index (χ3v) is 4.49. The summed E-state index contributed by atoms with van der Waals surface area (Å²) in [4.78, 5) is 14.5. The van der Waals surface area contributed by atoms with Crippen molar-refractivity contribution in [3.05, 3.63) is 65.5 Å². The van der Waals surface area contributed by atoms with Crippen molar-refractivity contribution in [2.45, 2.75) is 19.4 Å². The van der Waals surface area contributed by atoms with Gasteiger partial charge in [-0.05, 0) is 48.2 Å². The second-order valence-corrected chi connectivity index (χ2v) is 6.27. The molecule has 5 heteroatoms. The van der Waals surface area contributed by atoms with Crippen molar-refractivity contribution in [1.29, 1.82) is 0 Å². The van der Waals surface area contributed by atoms with E-state index in [4.69, 9.17) is 4.74 Å². The summed E-state index contributed by atoms with van der Waals surface area (Å²) in [6, 6.07) is 12.7. The largest absolute Gasteiger partial charge is 0.494 e. The Morgan fingerprint density at radius 2 is 2.00 bits per heavy atom. The Morgan fingerprint density at radius 1 is 1.23 bits per heavy atom. The summed E-state index contributed by atoms with van der Waals surface area (Å²) in [6.45, 7) is 2.59. The predicted molar refractivity (Wildman–Crippen MR) is 102 cm³/mol. The van der Waals surface area contributed by atoms with Crippen LogP contribution >= 0.6 is 0 Å². The molecule has 0 radical (unpaired) electrons. The Hall–Kier alpha value is -2.82. The summed E-state index contributed by atoms with van der Waals surface area (Å²) in [6.07, 6.45) is 5.42. The van der Waals surface area contributed by atoms with Crippen molar-refractivity contribution in [3.63, 3.8) is 0 Å². The van der Waals surface area contributed by atoms with Crippen LogP contribution in [0.5, 0.6) is 5.75 Å². The van der Waals surface area contributed by atoms with E-state index in [-0.39, 0.29) is 11.7 Å². The van der Waals surface area contributed by atoms with Crippen molar-refractivity contribution in [2.75, 3.05) is 25.1 Å². The van der Waals surface area contributed by atoms with Gasteiger partial charge >= 0.3 is 0 Å². The lowest BCUT2D eigenvalue weighted by Crippen LogP contribution is -2.24. The first-order valence-corrected chi connectivity index (χ1v) is 8.79. The predicted octanol–water partition coefficient (Wildman–Crippen LogP) is 3.76. The van der Waals surface area contributed by atoms with Crippen LogP contribution < -0.4 is 15.0 Å². The quantitative estimate of drug-likeness (QED) is 0.803. The van der Waals surface area contributed by atoms with Crippen LogP contribution in [0.15, 0.2) is 48.5 Å². The Bertz CT molecular complexity index is 798. The molecule has 1 aliphatic heterocycles. The monoisotopic (exact) mass is 354 g/mol. The number of benzene rings is 2. The average Bonchev–Trinajstić information content (AvgIpc) is 3.19. The number of nitrogens with zero attached hydrogens (tertiary/aromatic N) is 1. The van der Waals surface area contributed by atoms with E-state index in [2.05, 4.69) is 16.3 Å². The molecule has 1 saturated heterocycles. The molecule has 0 unspecified atom stereocenters. The maximum absolute atomic E-state index is 13.7. The molecule has 0 aliphatic carbocycles. The molecule has 1 aliphatic rings. The summed E-state index contributed by atoms with van der Waals surface area (Å²) in [5.74, 6) is -0.475. The number of hydrogen-bond donors (Lipinski definition) is 1. The highest BCUT2D eigenvalue weighted by molar-refractivity contribution is 5.91. The Labute approximate surface area is 153 Å². The van der Waals surface area contributed by atoms with Gasteiger partial charge in [0.05, 0.1) is 7.11 Å². The van der Waals surface area contributed by atoms with Crippen molar-refractivity contribution >= 4 is 17.7 Å². The van der Waals surface area contributed by atoms with Gasteiger partial charge in [-0.15, -0.1) is 0 Å². The van der Waals surface area contributed by atoms with Crippen LogP contribution in [0.2, 0.25) is 0 Å². The van der Waals surface area contributed by atoms with Crippen LogP contribution in [0.3, 0.4) is 0 Å². The minimum absolute atomic E-state index is 0.185. The van der Waals surface area contributed by atoms with E-state index < -0.39 is 5.82 Å². The first-order valence-electron chi connectivity index (χ1n) is 8.79. The molecule has 0 aromatic heterocycles. The van der Waals surface area contributed by atoms with Gasteiger partial charge < -0.3 is 15.0 Å². The van der Waals surface area contributed by atoms with Crippen molar-refractivity contribution in [2.24, 2.45) is 0 Å². The van der Waals surface area contributed by atoms with E-state index in [1.807, 2.05) is 18.2 Å². The van der Waals surface area contributed by atoms with Crippen molar-refractivity contribution in [1.82, 2.24) is 5.32 Å². The molecule has 1 fully saturated rings. The fourth-order valence-corrected chi connectivity index (χ4v) is 3.13. The topological polar surface area (TPSA) is 41.6 Å². The SMILES string of the molecule is COc1ccc(C=CC(=O)NCc2ccccc2N2CCCC2)cc1F. The van der Waals surface area contributed by atoms with E-state index in [0.29, 0.717) is 12.1 Å². The lowest BCUT2D eigenvalue weighted by atomic mass is 10.1. The highest BCUT2D eigenvalue weighted by Gasteiger charge is 2.15. The number of anilines is 1. The van der Waals surface area contributed by atoms with Gasteiger partial charge in [-0.1, -0.05) is 24.3 Å². The number of hydrogen-bond acceptors (Lipinski definition) is 3. The van der Waals surface area contributed by atoms with Gasteiger partial charge in [-0.2, -0.15) is 0 Å². The second-order valence-electron chi connectivity index (χ2n) is 6.27. The molecule has 2 aromatic carbocycles. The molecule has 0 atom stereocenters. The average molecular weight is 354 g/mol. The van der Waals surface area contributed by atoms with Crippen LogP contribution in [0.1, 0.15) is 24.0 Å². The molecule has 4 nitrogen and oxygen atoms in total. The van der Waals surface area contributed by atoms with Crippen LogP contribution in [-0.2, 0) is 11.3 Å². The van der Waals surface area contributed by atoms with Gasteiger partial charge in [0.15, 0.2) is 11.6 Å². The smallest absolute Gasteiger partial charge is 0.244 e. The normalized spacial score (nSPS) is 14.0. The number of methoxy groups -OCH3 is 1. The number of amides is 1. The van der Waals surface area contributed by atoms with E-state index >= 15 is 0 Å². The van der Waals surface area contributed by atoms with E-state index in [0.717, 1.165) is 18.7 Å². The standard InChI is InChI=1S/C21H23FN2O2/c1-26-20-10-8-16(14-18(20)22)9-11-21(25)23-15-17-6-2-3-7-19(17)24-12-4-5-13-24/h2-3,6-11,14H,4-5,12-13,15H2,1H3,(H,23,25). The van der Waals surface area contributed by atoms with E-state index in [9.17, 15) is 9.18 Å². The maximum Gasteiger partial charge on any atom is 0.244 e. The molecule has 2 aromatic rings. The number of para-hydroxylation sites is 1. The van der Waals surface area contributed by atoms with Gasteiger partial charge in [0.25, 0.3) is 0 Å². The minimum atomic E-state index is -0.449. The number of halogens is 1. The fourth-order valence-electron chi connectivity index (χ4n) is 3.13. The molecular weight excluding hydrogens is 331 g/mol. The molecule has 0 spiro atoms. The Kier molecular flexibility index (Phi) is 5.89. The number of carbonyl (C=O) groups is 1. The third-order valence-electron chi connectivity index (χ3n) is 4.49. The summed E-state index contributed by atoms with van der Waals surface area (Å²) < 4.78 is 18.6.